The molecule has 3 heterocycles. The second-order valence-corrected chi connectivity index (χ2v) is 10.7. The molecule has 0 radical (unpaired) electrons. The highest BCUT2D eigenvalue weighted by atomic mass is 19.1. The van der Waals surface area contributed by atoms with Crippen LogP contribution < -0.4 is 10.6 Å². The molecule has 7 nitrogen and oxygen atoms in total. The molecule has 2 saturated carbocycles. The van der Waals surface area contributed by atoms with Gasteiger partial charge in [-0.1, -0.05) is 6.92 Å². The molecule has 3 saturated heterocycles. The highest BCUT2D eigenvalue weighted by Crippen LogP contribution is 2.38. The van der Waals surface area contributed by atoms with Gasteiger partial charge in [-0.05, 0) is 50.9 Å². The normalized spacial score (nSPS) is 43.6. The monoisotopic (exact) mass is 435 g/mol. The highest BCUT2D eigenvalue weighted by Gasteiger charge is 2.47. The molecule has 3 amide bonds. The smallest absolute Gasteiger partial charge is 0.320 e. The van der Waals surface area contributed by atoms with Crippen molar-refractivity contribution in [2.45, 2.75) is 88.3 Å². The van der Waals surface area contributed by atoms with Crippen molar-refractivity contribution in [3.8, 4) is 0 Å². The van der Waals surface area contributed by atoms with Crippen molar-refractivity contribution in [3.05, 3.63) is 0 Å². The van der Waals surface area contributed by atoms with Crippen molar-refractivity contribution < 1.29 is 14.0 Å². The van der Waals surface area contributed by atoms with Crippen molar-refractivity contribution >= 4 is 11.9 Å². The molecule has 5 fully saturated rings. The Morgan fingerprint density at radius 3 is 2.74 bits per heavy atom. The third-order valence-corrected chi connectivity index (χ3v) is 8.73. The number of fused-ring (bicyclic) bond motifs is 2. The fourth-order valence-corrected chi connectivity index (χ4v) is 6.96. The van der Waals surface area contributed by atoms with Crippen molar-refractivity contribution in [1.82, 2.24) is 25.3 Å². The van der Waals surface area contributed by atoms with Gasteiger partial charge in [0.1, 0.15) is 6.17 Å². The first-order valence-corrected chi connectivity index (χ1v) is 12.4. The van der Waals surface area contributed by atoms with Crippen LogP contribution in [0, 0.1) is 11.8 Å². The first kappa shape index (κ1) is 21.4. The van der Waals surface area contributed by atoms with Crippen LogP contribution in [-0.2, 0) is 4.79 Å². The van der Waals surface area contributed by atoms with E-state index in [1.807, 2.05) is 16.8 Å². The SMILES string of the molecule is CC1CCC(F)C2CC(C(=O)N[C@@H]3CCC[C@@H](N4CCN5C(=O)N(C)C[C@H]5C4)C3)NC12. The van der Waals surface area contributed by atoms with Crippen LogP contribution in [0.5, 0.6) is 0 Å². The quantitative estimate of drug-likeness (QED) is 0.706. The minimum Gasteiger partial charge on any atom is -0.352 e. The van der Waals surface area contributed by atoms with Gasteiger partial charge in [0, 0.05) is 57.3 Å². The van der Waals surface area contributed by atoms with E-state index in [2.05, 4.69) is 22.5 Å². The third-order valence-electron chi connectivity index (χ3n) is 8.73. The molecule has 0 bridgehead atoms. The number of nitrogens with zero attached hydrogens (tertiary/aromatic N) is 3. The number of carbonyl (C=O) groups excluding carboxylic acids is 2. The van der Waals surface area contributed by atoms with Gasteiger partial charge in [-0.25, -0.2) is 9.18 Å². The lowest BCUT2D eigenvalue weighted by Crippen LogP contribution is -2.57. The van der Waals surface area contributed by atoms with Crippen LogP contribution in [0.25, 0.3) is 0 Å². The second kappa shape index (κ2) is 8.50. The lowest BCUT2D eigenvalue weighted by Gasteiger charge is -2.43. The lowest BCUT2D eigenvalue weighted by atomic mass is 9.77. The average molecular weight is 436 g/mol. The van der Waals surface area contributed by atoms with E-state index in [1.54, 1.807) is 0 Å². The van der Waals surface area contributed by atoms with Gasteiger partial charge in [0.25, 0.3) is 0 Å². The summed E-state index contributed by atoms with van der Waals surface area (Å²) in [5.74, 6) is 0.489. The van der Waals surface area contributed by atoms with E-state index in [1.165, 1.54) is 0 Å². The average Bonchev–Trinajstić information content (AvgIpc) is 3.34. The number of carbonyl (C=O) groups is 2. The fraction of sp³-hybridized carbons (Fsp3) is 0.913. The summed E-state index contributed by atoms with van der Waals surface area (Å²) in [4.78, 5) is 31.6. The molecule has 8 heteroatoms. The van der Waals surface area contributed by atoms with Crippen LogP contribution in [0.15, 0.2) is 0 Å². The molecule has 5 unspecified atom stereocenters. The molecule has 0 aromatic rings. The summed E-state index contributed by atoms with van der Waals surface area (Å²) in [6.07, 6.45) is 5.68. The van der Waals surface area contributed by atoms with Crippen molar-refractivity contribution in [2.75, 3.05) is 33.2 Å². The maximum Gasteiger partial charge on any atom is 0.320 e. The number of alkyl halides is 1. The van der Waals surface area contributed by atoms with E-state index < -0.39 is 6.17 Å². The van der Waals surface area contributed by atoms with Crippen LogP contribution >= 0.6 is 0 Å². The minimum absolute atomic E-state index is 0.0119. The number of nitrogens with one attached hydrogen (secondary N) is 2. The lowest BCUT2D eigenvalue weighted by molar-refractivity contribution is -0.124. The van der Waals surface area contributed by atoms with Gasteiger partial charge in [-0.3, -0.25) is 9.69 Å². The van der Waals surface area contributed by atoms with E-state index in [0.717, 1.165) is 58.3 Å². The van der Waals surface area contributed by atoms with Crippen molar-refractivity contribution in [1.29, 1.82) is 0 Å². The molecule has 0 spiro atoms. The Bertz CT molecular complexity index is 689. The zero-order valence-electron chi connectivity index (χ0n) is 18.9. The summed E-state index contributed by atoms with van der Waals surface area (Å²) >= 11 is 0. The summed E-state index contributed by atoms with van der Waals surface area (Å²) in [7, 11) is 1.89. The van der Waals surface area contributed by atoms with Crippen LogP contribution in [0.4, 0.5) is 9.18 Å². The number of urea groups is 1. The Balaban J connectivity index is 1.14. The van der Waals surface area contributed by atoms with E-state index in [0.29, 0.717) is 30.8 Å². The highest BCUT2D eigenvalue weighted by molar-refractivity contribution is 5.82. The molecule has 0 aromatic carbocycles. The molecule has 5 aliphatic rings. The van der Waals surface area contributed by atoms with E-state index in [4.69, 9.17) is 0 Å². The molecule has 5 rings (SSSR count). The summed E-state index contributed by atoms with van der Waals surface area (Å²) < 4.78 is 14.4. The predicted molar refractivity (Wildman–Crippen MR) is 116 cm³/mol. The molecule has 2 N–H and O–H groups in total. The number of hydrogen-bond acceptors (Lipinski definition) is 4. The first-order chi connectivity index (χ1) is 14.9. The minimum atomic E-state index is -0.772. The molecular formula is C23H38FN5O2. The Kier molecular flexibility index (Phi) is 5.88. The molecule has 31 heavy (non-hydrogen) atoms. The number of amides is 3. The van der Waals surface area contributed by atoms with Crippen LogP contribution in [0.1, 0.15) is 51.9 Å². The number of hydrogen-bond donors (Lipinski definition) is 2. The summed E-state index contributed by atoms with van der Waals surface area (Å²) in [6, 6.07) is 1.01. The number of halogens is 1. The summed E-state index contributed by atoms with van der Waals surface area (Å²) in [6.45, 7) is 5.65. The Labute approximate surface area is 185 Å². The Morgan fingerprint density at radius 2 is 1.94 bits per heavy atom. The Morgan fingerprint density at radius 1 is 1.10 bits per heavy atom. The molecule has 0 aromatic heterocycles. The molecule has 3 aliphatic heterocycles. The van der Waals surface area contributed by atoms with E-state index >= 15 is 0 Å². The topological polar surface area (TPSA) is 67.9 Å². The fourth-order valence-electron chi connectivity index (χ4n) is 6.96. The van der Waals surface area contributed by atoms with Gasteiger partial charge in [-0.15, -0.1) is 0 Å². The zero-order valence-corrected chi connectivity index (χ0v) is 18.9. The second-order valence-electron chi connectivity index (χ2n) is 10.7. The van der Waals surface area contributed by atoms with Gasteiger partial charge >= 0.3 is 6.03 Å². The summed E-state index contributed by atoms with van der Waals surface area (Å²) in [5, 5.41) is 6.77. The molecule has 8 atom stereocenters. The molecule has 2 aliphatic carbocycles. The standard InChI is InChI=1S/C23H38FN5O2/c1-14-6-7-19(24)18-11-20(26-21(14)18)22(30)25-15-4-3-5-16(10-15)28-8-9-29-17(13-28)12-27(2)23(29)31/h14-21,26H,3-13H2,1-2H3,(H,25,30)/t14?,15-,16-,17+,18?,19?,20?,21?/m1/s1. The van der Waals surface area contributed by atoms with Gasteiger partial charge in [0.05, 0.1) is 12.1 Å². The number of rotatable bonds is 3. The molecule has 174 valence electrons. The van der Waals surface area contributed by atoms with Crippen LogP contribution in [0.3, 0.4) is 0 Å². The number of likely N-dealkylation sites (N-methyl/N-ethyl adjacent to an activating group) is 1. The Hall–Kier alpha value is -1.41. The van der Waals surface area contributed by atoms with Gasteiger partial charge in [0.2, 0.25) is 5.91 Å². The maximum atomic E-state index is 14.4. The van der Waals surface area contributed by atoms with Crippen LogP contribution in [-0.4, -0.2) is 96.2 Å². The summed E-state index contributed by atoms with van der Waals surface area (Å²) in [5.41, 5.74) is 0. The van der Waals surface area contributed by atoms with Crippen molar-refractivity contribution in [3.63, 3.8) is 0 Å². The predicted octanol–water partition coefficient (Wildman–Crippen LogP) is 1.58. The van der Waals surface area contributed by atoms with Gasteiger partial charge in [-0.2, -0.15) is 0 Å². The van der Waals surface area contributed by atoms with E-state index in [9.17, 15) is 14.0 Å². The zero-order chi connectivity index (χ0) is 21.7. The maximum absolute atomic E-state index is 14.4. The number of piperazine rings is 1. The van der Waals surface area contributed by atoms with Crippen molar-refractivity contribution in [2.24, 2.45) is 11.8 Å². The first-order valence-electron chi connectivity index (χ1n) is 12.4. The third kappa shape index (κ3) is 4.06. The largest absolute Gasteiger partial charge is 0.352 e. The van der Waals surface area contributed by atoms with E-state index in [-0.39, 0.29) is 36.0 Å². The van der Waals surface area contributed by atoms with Gasteiger partial charge < -0.3 is 20.4 Å². The molecular weight excluding hydrogens is 397 g/mol. The van der Waals surface area contributed by atoms with Crippen LogP contribution in [0.2, 0.25) is 0 Å². The van der Waals surface area contributed by atoms with Gasteiger partial charge in [0.15, 0.2) is 0 Å².